The van der Waals surface area contributed by atoms with Gasteiger partial charge in [-0.05, 0) is 72.5 Å². The second kappa shape index (κ2) is 16.4. The first kappa shape index (κ1) is 31.0. The molecule has 0 amide bonds. The largest absolute Gasteiger partial charge is 0.485 e. The number of nitrogens with one attached hydrogen (secondary N) is 1. The molecular formula is C36H37ClN4O3. The minimum absolute atomic E-state index is 0.428. The Bertz CT molecular complexity index is 1650. The van der Waals surface area contributed by atoms with Crippen LogP contribution in [0.2, 0.25) is 5.02 Å². The lowest BCUT2D eigenvalue weighted by Gasteiger charge is -2.14. The lowest BCUT2D eigenvalue weighted by Crippen LogP contribution is -2.10. The first-order valence-corrected chi connectivity index (χ1v) is 15.2. The molecular weight excluding hydrogens is 572 g/mol. The molecule has 3 N–H and O–H groups in total. The molecule has 0 saturated carbocycles. The van der Waals surface area contributed by atoms with Gasteiger partial charge in [-0.1, -0.05) is 84.4 Å². The van der Waals surface area contributed by atoms with E-state index in [1.807, 2.05) is 109 Å². The molecule has 5 aromatic rings. The number of aromatic nitrogens is 2. The van der Waals surface area contributed by atoms with Crippen LogP contribution in [-0.4, -0.2) is 36.3 Å². The van der Waals surface area contributed by atoms with Crippen LogP contribution in [0, 0.1) is 0 Å². The second-order valence-corrected chi connectivity index (χ2v) is 10.7. The zero-order valence-electron chi connectivity index (χ0n) is 24.6. The molecule has 0 atom stereocenters. The Morgan fingerprint density at radius 2 is 1.43 bits per heavy atom. The van der Waals surface area contributed by atoms with E-state index in [1.54, 1.807) is 0 Å². The molecule has 5 rings (SSSR count). The predicted octanol–water partition coefficient (Wildman–Crippen LogP) is 7.78. The van der Waals surface area contributed by atoms with E-state index in [9.17, 15) is 0 Å². The number of hydrogen-bond donors (Lipinski definition) is 2. The average Bonchev–Trinajstić information content (AvgIpc) is 3.06. The van der Waals surface area contributed by atoms with Crippen molar-refractivity contribution in [3.8, 4) is 11.5 Å². The van der Waals surface area contributed by atoms with Gasteiger partial charge in [0, 0.05) is 30.2 Å². The molecule has 0 unspecified atom stereocenters. The maximum absolute atomic E-state index is 6.30. The minimum atomic E-state index is 0.428. The second-order valence-electron chi connectivity index (χ2n) is 10.2. The van der Waals surface area contributed by atoms with Gasteiger partial charge in [-0.15, -0.1) is 0 Å². The number of ether oxygens (including phenoxy) is 3. The van der Waals surface area contributed by atoms with E-state index >= 15 is 0 Å². The summed E-state index contributed by atoms with van der Waals surface area (Å²) in [6, 6.07) is 31.7. The van der Waals surface area contributed by atoms with Crippen LogP contribution in [0.15, 0.2) is 97.1 Å². The molecule has 1 aromatic heterocycles. The lowest BCUT2D eigenvalue weighted by atomic mass is 10.1. The van der Waals surface area contributed by atoms with Crippen LogP contribution in [0.1, 0.15) is 35.4 Å². The van der Waals surface area contributed by atoms with Gasteiger partial charge in [-0.3, -0.25) is 0 Å². The van der Waals surface area contributed by atoms with Crippen LogP contribution in [0.3, 0.4) is 0 Å². The summed E-state index contributed by atoms with van der Waals surface area (Å²) in [5, 5.41) is 4.97. The number of nitrogens with two attached hydrogens (primary N) is 1. The van der Waals surface area contributed by atoms with E-state index in [0.717, 1.165) is 46.3 Å². The highest BCUT2D eigenvalue weighted by Gasteiger charge is 2.10. The molecule has 0 fully saturated rings. The molecule has 7 nitrogen and oxygen atoms in total. The Hall–Kier alpha value is -4.43. The summed E-state index contributed by atoms with van der Waals surface area (Å²) >= 11 is 6.30. The quantitative estimate of drug-likeness (QED) is 0.111. The third-order valence-corrected chi connectivity index (χ3v) is 7.03. The Morgan fingerprint density at radius 3 is 2.16 bits per heavy atom. The van der Waals surface area contributed by atoms with Gasteiger partial charge in [-0.2, -0.15) is 0 Å². The standard InChI is InChI=1S/C36H37ClN4O3/c37-30-15-16-31-32(24-30)40-35(41-36(31)39-20-8-22-42-21-7-19-38)18-14-27-13-17-33(43-25-28-9-3-1-4-10-28)34(23-27)44-26-29-11-5-2-6-12-29/h1-6,9-18,23-24H,7-8,19-22,25-26,38H2,(H,39,40,41)/b18-14+. The van der Waals surface area contributed by atoms with Gasteiger partial charge in [0.05, 0.1) is 5.52 Å². The Morgan fingerprint density at radius 1 is 0.727 bits per heavy atom. The lowest BCUT2D eigenvalue weighted by molar-refractivity contribution is 0.133. The van der Waals surface area contributed by atoms with Crippen molar-refractivity contribution < 1.29 is 14.2 Å². The van der Waals surface area contributed by atoms with Crippen LogP contribution in [0.25, 0.3) is 23.1 Å². The van der Waals surface area contributed by atoms with E-state index < -0.39 is 0 Å². The molecule has 4 aromatic carbocycles. The summed E-state index contributed by atoms with van der Waals surface area (Å²) in [4.78, 5) is 9.56. The van der Waals surface area contributed by atoms with Crippen LogP contribution in [-0.2, 0) is 18.0 Å². The van der Waals surface area contributed by atoms with E-state index in [-0.39, 0.29) is 0 Å². The van der Waals surface area contributed by atoms with E-state index in [0.29, 0.717) is 61.9 Å². The predicted molar refractivity (Wildman–Crippen MR) is 179 cm³/mol. The third-order valence-electron chi connectivity index (χ3n) is 6.79. The molecule has 226 valence electrons. The fourth-order valence-corrected chi connectivity index (χ4v) is 4.67. The molecule has 0 aliphatic heterocycles. The van der Waals surface area contributed by atoms with Crippen LogP contribution in [0.5, 0.6) is 11.5 Å². The fourth-order valence-electron chi connectivity index (χ4n) is 4.50. The highest BCUT2D eigenvalue weighted by Crippen LogP contribution is 2.31. The summed E-state index contributed by atoms with van der Waals surface area (Å²) in [5.41, 5.74) is 9.39. The van der Waals surface area contributed by atoms with Crippen LogP contribution < -0.4 is 20.5 Å². The number of fused-ring (bicyclic) bond motifs is 1. The molecule has 0 aliphatic carbocycles. The molecule has 0 spiro atoms. The maximum atomic E-state index is 6.30. The average molecular weight is 609 g/mol. The SMILES string of the molecule is NCCCOCCCNc1nc(/C=C/c2ccc(OCc3ccccc3)c(OCc3ccccc3)c2)nc2cc(Cl)ccc12. The highest BCUT2D eigenvalue weighted by molar-refractivity contribution is 6.31. The molecule has 44 heavy (non-hydrogen) atoms. The fraction of sp³-hybridized carbons (Fsp3) is 0.222. The molecule has 8 heteroatoms. The van der Waals surface area contributed by atoms with Crippen LogP contribution in [0.4, 0.5) is 5.82 Å². The summed E-state index contributed by atoms with van der Waals surface area (Å²) in [6.07, 6.45) is 5.57. The van der Waals surface area contributed by atoms with E-state index in [4.69, 9.17) is 41.5 Å². The van der Waals surface area contributed by atoms with Gasteiger partial charge < -0.3 is 25.3 Å². The number of hydrogen-bond acceptors (Lipinski definition) is 7. The van der Waals surface area contributed by atoms with Gasteiger partial charge in [0.2, 0.25) is 0 Å². The molecule has 1 heterocycles. The van der Waals surface area contributed by atoms with Crippen molar-refractivity contribution in [1.82, 2.24) is 9.97 Å². The van der Waals surface area contributed by atoms with Gasteiger partial charge in [-0.25, -0.2) is 9.97 Å². The number of anilines is 1. The van der Waals surface area contributed by atoms with Crippen molar-refractivity contribution in [1.29, 1.82) is 0 Å². The Labute approximate surface area is 263 Å². The summed E-state index contributed by atoms with van der Waals surface area (Å²) in [7, 11) is 0. The van der Waals surface area contributed by atoms with Crippen molar-refractivity contribution in [3.05, 3.63) is 125 Å². The van der Waals surface area contributed by atoms with Crippen molar-refractivity contribution >= 4 is 40.5 Å². The summed E-state index contributed by atoms with van der Waals surface area (Å²) in [6.45, 7) is 3.57. The van der Waals surface area contributed by atoms with Gasteiger partial charge in [0.1, 0.15) is 19.0 Å². The highest BCUT2D eigenvalue weighted by atomic mass is 35.5. The first-order valence-electron chi connectivity index (χ1n) is 14.8. The molecule has 0 bridgehead atoms. The van der Waals surface area contributed by atoms with Crippen molar-refractivity contribution in [2.45, 2.75) is 26.1 Å². The Balaban J connectivity index is 1.34. The number of rotatable bonds is 16. The van der Waals surface area contributed by atoms with Gasteiger partial charge in [0.15, 0.2) is 17.3 Å². The molecule has 0 aliphatic rings. The van der Waals surface area contributed by atoms with Crippen molar-refractivity contribution in [2.75, 3.05) is 31.6 Å². The van der Waals surface area contributed by atoms with Gasteiger partial charge in [0.25, 0.3) is 0 Å². The first-order chi connectivity index (χ1) is 21.7. The van der Waals surface area contributed by atoms with Crippen molar-refractivity contribution in [2.24, 2.45) is 5.73 Å². The zero-order chi connectivity index (χ0) is 30.4. The van der Waals surface area contributed by atoms with Crippen molar-refractivity contribution in [3.63, 3.8) is 0 Å². The number of halogens is 1. The summed E-state index contributed by atoms with van der Waals surface area (Å²) < 4.78 is 18.0. The monoisotopic (exact) mass is 608 g/mol. The van der Waals surface area contributed by atoms with E-state index in [1.165, 1.54) is 0 Å². The minimum Gasteiger partial charge on any atom is -0.485 e. The zero-order valence-corrected chi connectivity index (χ0v) is 25.4. The molecule has 0 radical (unpaired) electrons. The van der Waals surface area contributed by atoms with Gasteiger partial charge >= 0.3 is 0 Å². The number of nitrogens with zero attached hydrogens (tertiary/aromatic N) is 2. The van der Waals surface area contributed by atoms with E-state index in [2.05, 4.69) is 5.32 Å². The topological polar surface area (TPSA) is 91.5 Å². The maximum Gasteiger partial charge on any atom is 0.162 e. The number of benzene rings is 4. The summed E-state index contributed by atoms with van der Waals surface area (Å²) in [5.74, 6) is 2.66. The van der Waals surface area contributed by atoms with Crippen LogP contribution >= 0.6 is 11.6 Å². The molecule has 0 saturated heterocycles. The third kappa shape index (κ3) is 9.28. The normalized spacial score (nSPS) is 11.2. The smallest absolute Gasteiger partial charge is 0.162 e. The Kier molecular flexibility index (Phi) is 11.6.